The van der Waals surface area contributed by atoms with Gasteiger partial charge in [-0.15, -0.1) is 0 Å². The van der Waals surface area contributed by atoms with Crippen LogP contribution in [0.3, 0.4) is 0 Å². The molecule has 4 heteroatoms. The summed E-state index contributed by atoms with van der Waals surface area (Å²) in [6, 6.07) is 7.89. The Morgan fingerprint density at radius 2 is 2.00 bits per heavy atom. The van der Waals surface area contributed by atoms with Crippen LogP contribution in [0.15, 0.2) is 24.3 Å². The normalized spacial score (nSPS) is 21.8. The number of ether oxygens (including phenoxy) is 2. The fraction of sp³-hybridized carbons (Fsp3) is 0.588. The van der Waals surface area contributed by atoms with Gasteiger partial charge in [-0.1, -0.05) is 38.1 Å². The minimum Gasteiger partial charge on any atom is -0.444 e. The van der Waals surface area contributed by atoms with Crippen molar-refractivity contribution in [1.29, 1.82) is 0 Å². The third-order valence-electron chi connectivity index (χ3n) is 3.48. The van der Waals surface area contributed by atoms with E-state index >= 15 is 0 Å². The van der Waals surface area contributed by atoms with Gasteiger partial charge in [-0.3, -0.25) is 0 Å². The molecule has 0 unspecified atom stereocenters. The third kappa shape index (κ3) is 3.97. The maximum absolute atomic E-state index is 12.1. The van der Waals surface area contributed by atoms with Crippen LogP contribution in [-0.4, -0.2) is 17.8 Å². The summed E-state index contributed by atoms with van der Waals surface area (Å²) in [4.78, 5) is 12.1. The van der Waals surface area contributed by atoms with Crippen LogP contribution in [0.4, 0.5) is 4.79 Å². The molecule has 1 aliphatic rings. The minimum absolute atomic E-state index is 0.0487. The van der Waals surface area contributed by atoms with Crippen molar-refractivity contribution in [2.75, 3.05) is 0 Å². The maximum Gasteiger partial charge on any atom is 0.408 e. The Morgan fingerprint density at radius 3 is 2.62 bits per heavy atom. The zero-order valence-electron chi connectivity index (χ0n) is 13.5. The van der Waals surface area contributed by atoms with E-state index in [1.54, 1.807) is 0 Å². The molecule has 1 aromatic carbocycles. The lowest BCUT2D eigenvalue weighted by molar-refractivity contribution is -0.0317. The summed E-state index contributed by atoms with van der Waals surface area (Å²) < 4.78 is 11.3. The molecular weight excluding hydrogens is 266 g/mol. The average Bonchev–Trinajstić information content (AvgIpc) is 2.36. The molecule has 0 saturated heterocycles. The Bertz CT molecular complexity index is 505. The second-order valence-electron chi connectivity index (χ2n) is 6.84. The highest BCUT2D eigenvalue weighted by atomic mass is 16.6. The molecule has 1 amide bonds. The van der Waals surface area contributed by atoms with Gasteiger partial charge in [0.05, 0.1) is 18.8 Å². The van der Waals surface area contributed by atoms with Crippen molar-refractivity contribution in [3.63, 3.8) is 0 Å². The molecule has 0 fully saturated rings. The van der Waals surface area contributed by atoms with Crippen LogP contribution in [0.1, 0.15) is 51.8 Å². The van der Waals surface area contributed by atoms with Crippen molar-refractivity contribution in [3.05, 3.63) is 35.4 Å². The quantitative estimate of drug-likeness (QED) is 0.901. The number of nitrogens with one attached hydrogen (secondary N) is 1. The van der Waals surface area contributed by atoms with E-state index in [-0.39, 0.29) is 12.1 Å². The van der Waals surface area contributed by atoms with Crippen molar-refractivity contribution in [2.45, 2.75) is 59.0 Å². The maximum atomic E-state index is 12.1. The lowest BCUT2D eigenvalue weighted by Gasteiger charge is -2.36. The summed E-state index contributed by atoms with van der Waals surface area (Å²) in [7, 11) is 0. The summed E-state index contributed by atoms with van der Waals surface area (Å²) >= 11 is 0. The number of carbonyl (C=O) groups is 1. The van der Waals surface area contributed by atoms with Gasteiger partial charge in [0.1, 0.15) is 5.60 Å². The molecule has 0 saturated carbocycles. The van der Waals surface area contributed by atoms with Gasteiger partial charge >= 0.3 is 6.09 Å². The highest BCUT2D eigenvalue weighted by Crippen LogP contribution is 2.33. The molecule has 0 radical (unpaired) electrons. The topological polar surface area (TPSA) is 47.6 Å². The number of alkyl carbamates (subject to hydrolysis) is 1. The van der Waals surface area contributed by atoms with E-state index in [2.05, 4.69) is 25.2 Å². The molecule has 0 aromatic heterocycles. The van der Waals surface area contributed by atoms with Crippen LogP contribution in [0.5, 0.6) is 0 Å². The summed E-state index contributed by atoms with van der Waals surface area (Å²) in [6.45, 7) is 10.4. The van der Waals surface area contributed by atoms with E-state index in [9.17, 15) is 4.79 Å². The highest BCUT2D eigenvalue weighted by molar-refractivity contribution is 5.68. The minimum atomic E-state index is -0.507. The molecule has 1 N–H and O–H groups in total. The lowest BCUT2D eigenvalue weighted by atomic mass is 9.88. The van der Waals surface area contributed by atoms with Gasteiger partial charge in [-0.05, 0) is 37.8 Å². The predicted molar refractivity (Wildman–Crippen MR) is 82.0 cm³/mol. The Morgan fingerprint density at radius 1 is 1.33 bits per heavy atom. The number of benzene rings is 1. The number of rotatable bonds is 2. The van der Waals surface area contributed by atoms with E-state index < -0.39 is 11.7 Å². The van der Waals surface area contributed by atoms with Crippen LogP contribution in [0.25, 0.3) is 0 Å². The van der Waals surface area contributed by atoms with E-state index in [1.165, 1.54) is 0 Å². The molecule has 21 heavy (non-hydrogen) atoms. The van der Waals surface area contributed by atoms with Crippen molar-refractivity contribution in [2.24, 2.45) is 5.92 Å². The molecular formula is C17H25NO3. The lowest BCUT2D eigenvalue weighted by Crippen LogP contribution is -2.44. The monoisotopic (exact) mass is 291 g/mol. The second kappa shape index (κ2) is 6.06. The molecule has 2 rings (SSSR count). The van der Waals surface area contributed by atoms with Gasteiger partial charge in [-0.2, -0.15) is 0 Å². The first-order chi connectivity index (χ1) is 9.78. The summed E-state index contributed by atoms with van der Waals surface area (Å²) in [5.74, 6) is 0.304. The first-order valence-corrected chi connectivity index (χ1v) is 7.47. The van der Waals surface area contributed by atoms with Crippen molar-refractivity contribution in [3.8, 4) is 0 Å². The average molecular weight is 291 g/mol. The number of hydrogen-bond donors (Lipinski definition) is 1. The van der Waals surface area contributed by atoms with Gasteiger partial charge in [0.25, 0.3) is 0 Å². The van der Waals surface area contributed by atoms with Crippen LogP contribution >= 0.6 is 0 Å². The van der Waals surface area contributed by atoms with Crippen LogP contribution in [0, 0.1) is 5.92 Å². The van der Waals surface area contributed by atoms with Gasteiger partial charge in [0.15, 0.2) is 0 Å². The zero-order valence-corrected chi connectivity index (χ0v) is 13.5. The molecule has 0 spiro atoms. The number of amides is 1. The Labute approximate surface area is 126 Å². The van der Waals surface area contributed by atoms with Gasteiger partial charge in [0, 0.05) is 0 Å². The highest BCUT2D eigenvalue weighted by Gasteiger charge is 2.34. The van der Waals surface area contributed by atoms with E-state index in [4.69, 9.17) is 9.47 Å². The SMILES string of the molecule is CC(C)[C@H]1OCc2ccccc2[C@H]1NC(=O)OC(C)(C)C. The molecule has 1 aliphatic heterocycles. The number of hydrogen-bond acceptors (Lipinski definition) is 3. The zero-order chi connectivity index (χ0) is 15.6. The van der Waals surface area contributed by atoms with Crippen molar-refractivity contribution < 1.29 is 14.3 Å². The Hall–Kier alpha value is -1.55. The predicted octanol–water partition coefficient (Wildman–Crippen LogP) is 3.81. The van der Waals surface area contributed by atoms with E-state index in [0.29, 0.717) is 12.5 Å². The molecule has 116 valence electrons. The second-order valence-corrected chi connectivity index (χ2v) is 6.84. The molecule has 1 aromatic rings. The Kier molecular flexibility index (Phi) is 4.57. The van der Waals surface area contributed by atoms with Crippen molar-refractivity contribution in [1.82, 2.24) is 5.32 Å². The molecule has 1 heterocycles. The van der Waals surface area contributed by atoms with Crippen LogP contribution in [-0.2, 0) is 16.1 Å². The van der Waals surface area contributed by atoms with E-state index in [1.807, 2.05) is 39.0 Å². The summed E-state index contributed by atoms with van der Waals surface area (Å²) in [5.41, 5.74) is 1.73. The summed E-state index contributed by atoms with van der Waals surface area (Å²) in [6.07, 6.45) is -0.453. The largest absolute Gasteiger partial charge is 0.444 e. The van der Waals surface area contributed by atoms with Crippen molar-refractivity contribution >= 4 is 6.09 Å². The smallest absolute Gasteiger partial charge is 0.408 e. The van der Waals surface area contributed by atoms with Gasteiger partial charge in [0.2, 0.25) is 0 Å². The Balaban J connectivity index is 2.22. The van der Waals surface area contributed by atoms with Crippen LogP contribution < -0.4 is 5.32 Å². The van der Waals surface area contributed by atoms with E-state index in [0.717, 1.165) is 11.1 Å². The standard InChI is InChI=1S/C17H25NO3/c1-11(2)15-14(18-16(19)21-17(3,4)5)13-9-7-6-8-12(13)10-20-15/h6-9,11,14-15H,10H2,1-5H3,(H,18,19)/t14-,15-/m1/s1. The van der Waals surface area contributed by atoms with Gasteiger partial charge in [-0.25, -0.2) is 4.79 Å². The first kappa shape index (κ1) is 15.8. The molecule has 0 bridgehead atoms. The summed E-state index contributed by atoms with van der Waals surface area (Å²) in [5, 5.41) is 2.98. The van der Waals surface area contributed by atoms with Gasteiger partial charge < -0.3 is 14.8 Å². The number of fused-ring (bicyclic) bond motifs is 1. The first-order valence-electron chi connectivity index (χ1n) is 7.47. The molecule has 0 aliphatic carbocycles. The fourth-order valence-corrected chi connectivity index (χ4v) is 2.60. The molecule has 2 atom stereocenters. The number of carbonyl (C=O) groups excluding carboxylic acids is 1. The van der Waals surface area contributed by atoms with Crippen LogP contribution in [0.2, 0.25) is 0 Å². The fourth-order valence-electron chi connectivity index (χ4n) is 2.60. The third-order valence-corrected chi connectivity index (χ3v) is 3.48. The molecule has 4 nitrogen and oxygen atoms in total.